The van der Waals surface area contributed by atoms with Crippen LogP contribution in [0.2, 0.25) is 0 Å². The molecule has 4 heteroatoms. The van der Waals surface area contributed by atoms with Gasteiger partial charge in [0.2, 0.25) is 0 Å². The van der Waals surface area contributed by atoms with Crippen LogP contribution >= 0.6 is 0 Å². The average Bonchev–Trinajstić information content (AvgIpc) is 2.70. The number of rotatable bonds is 4. The number of ether oxygens (including phenoxy) is 1. The molecule has 4 nitrogen and oxygen atoms in total. The summed E-state index contributed by atoms with van der Waals surface area (Å²) >= 11 is 0. The first-order valence-corrected chi connectivity index (χ1v) is 4.91. The lowest BCUT2D eigenvalue weighted by Gasteiger charge is -2.12. The number of hydrogen-bond acceptors (Lipinski definition) is 3. The van der Waals surface area contributed by atoms with E-state index >= 15 is 0 Å². The Labute approximate surface area is 88.2 Å². The summed E-state index contributed by atoms with van der Waals surface area (Å²) in [4.78, 5) is 0. The highest BCUT2D eigenvalue weighted by Crippen LogP contribution is 2.16. The Morgan fingerprint density at radius 3 is 3.07 bits per heavy atom. The van der Waals surface area contributed by atoms with Gasteiger partial charge in [-0.1, -0.05) is 23.9 Å². The predicted octanol–water partition coefficient (Wildman–Crippen LogP) is 2.15. The van der Waals surface area contributed by atoms with E-state index in [0.29, 0.717) is 6.61 Å². The van der Waals surface area contributed by atoms with E-state index in [1.54, 1.807) is 10.8 Å². The number of aromatic nitrogens is 3. The monoisotopic (exact) mass is 203 g/mol. The molecule has 2 aromatic rings. The molecular weight excluding hydrogens is 190 g/mol. The minimum absolute atomic E-state index is 0.248. The summed E-state index contributed by atoms with van der Waals surface area (Å²) in [7, 11) is 0. The number of para-hydroxylation sites is 1. The van der Waals surface area contributed by atoms with E-state index in [1.165, 1.54) is 0 Å². The maximum atomic E-state index is 5.49. The third kappa shape index (κ3) is 1.76. The van der Waals surface area contributed by atoms with Gasteiger partial charge >= 0.3 is 0 Å². The van der Waals surface area contributed by atoms with Crippen LogP contribution in [0.5, 0.6) is 0 Å². The second kappa shape index (κ2) is 4.23. The lowest BCUT2D eigenvalue weighted by molar-refractivity contribution is 0.0401. The van der Waals surface area contributed by atoms with Crippen molar-refractivity contribution in [1.82, 2.24) is 15.0 Å². The average molecular weight is 203 g/mol. The Morgan fingerprint density at radius 2 is 2.33 bits per heavy atom. The molecule has 0 aliphatic heterocycles. The Bertz CT molecular complexity index is 464. The molecule has 0 bridgehead atoms. The van der Waals surface area contributed by atoms with Crippen LogP contribution in [0.3, 0.4) is 0 Å². The minimum Gasteiger partial charge on any atom is -0.353 e. The molecule has 0 spiro atoms. The fraction of sp³-hybridized carbons (Fsp3) is 0.273. The van der Waals surface area contributed by atoms with E-state index in [9.17, 15) is 0 Å². The Morgan fingerprint density at radius 1 is 1.53 bits per heavy atom. The van der Waals surface area contributed by atoms with Crippen molar-refractivity contribution in [2.75, 3.05) is 6.61 Å². The van der Waals surface area contributed by atoms with E-state index < -0.39 is 0 Å². The van der Waals surface area contributed by atoms with Crippen molar-refractivity contribution in [3.8, 4) is 0 Å². The fourth-order valence-corrected chi connectivity index (χ4v) is 1.48. The molecule has 0 amide bonds. The van der Waals surface area contributed by atoms with Gasteiger partial charge in [0.05, 0.1) is 5.52 Å². The Hall–Kier alpha value is -1.68. The molecule has 15 heavy (non-hydrogen) atoms. The topological polar surface area (TPSA) is 39.9 Å². The molecule has 1 heterocycles. The summed E-state index contributed by atoms with van der Waals surface area (Å²) in [6.07, 6.45) is 1.47. The van der Waals surface area contributed by atoms with Gasteiger partial charge < -0.3 is 4.74 Å². The van der Waals surface area contributed by atoms with Crippen LogP contribution in [0.15, 0.2) is 36.9 Å². The molecule has 78 valence electrons. The highest BCUT2D eigenvalue weighted by Gasteiger charge is 2.11. The van der Waals surface area contributed by atoms with Crippen LogP contribution in [-0.4, -0.2) is 21.6 Å². The first-order valence-electron chi connectivity index (χ1n) is 4.91. The van der Waals surface area contributed by atoms with Crippen molar-refractivity contribution in [3.05, 3.63) is 36.9 Å². The minimum atomic E-state index is -0.248. The maximum absolute atomic E-state index is 5.49. The zero-order valence-corrected chi connectivity index (χ0v) is 8.63. The van der Waals surface area contributed by atoms with Crippen molar-refractivity contribution in [3.63, 3.8) is 0 Å². The molecule has 0 aliphatic carbocycles. The van der Waals surface area contributed by atoms with Gasteiger partial charge in [-0.25, -0.2) is 4.68 Å². The lowest BCUT2D eigenvalue weighted by atomic mass is 10.3. The maximum Gasteiger partial charge on any atom is 0.171 e. The quantitative estimate of drug-likeness (QED) is 0.715. The van der Waals surface area contributed by atoms with Crippen LogP contribution in [-0.2, 0) is 4.74 Å². The van der Waals surface area contributed by atoms with E-state index in [-0.39, 0.29) is 6.23 Å². The molecule has 1 unspecified atom stereocenters. The largest absolute Gasteiger partial charge is 0.353 e. The lowest BCUT2D eigenvalue weighted by Crippen LogP contribution is -2.11. The Kier molecular flexibility index (Phi) is 2.78. The van der Waals surface area contributed by atoms with Gasteiger partial charge in [0.15, 0.2) is 6.23 Å². The first-order chi connectivity index (χ1) is 7.36. The van der Waals surface area contributed by atoms with Gasteiger partial charge in [-0.05, 0) is 25.1 Å². The van der Waals surface area contributed by atoms with Crippen LogP contribution < -0.4 is 0 Å². The zero-order valence-electron chi connectivity index (χ0n) is 8.63. The van der Waals surface area contributed by atoms with Crippen LogP contribution in [0, 0.1) is 0 Å². The summed E-state index contributed by atoms with van der Waals surface area (Å²) in [5, 5.41) is 8.11. The van der Waals surface area contributed by atoms with Gasteiger partial charge in [0.25, 0.3) is 0 Å². The summed E-state index contributed by atoms with van der Waals surface area (Å²) in [6, 6.07) is 7.77. The second-order valence-electron chi connectivity index (χ2n) is 3.10. The molecule has 1 atom stereocenters. The summed E-state index contributed by atoms with van der Waals surface area (Å²) in [5.41, 5.74) is 1.82. The third-order valence-electron chi connectivity index (χ3n) is 2.16. The van der Waals surface area contributed by atoms with E-state index in [0.717, 1.165) is 11.0 Å². The van der Waals surface area contributed by atoms with Crippen molar-refractivity contribution < 1.29 is 4.74 Å². The van der Waals surface area contributed by atoms with E-state index in [1.807, 2.05) is 31.2 Å². The smallest absolute Gasteiger partial charge is 0.171 e. The standard InChI is InChI=1S/C11H13N3O/c1-3-11(15-4-2)14-10-8-6-5-7-9(10)12-13-14/h3,5-8,11H,1,4H2,2H3. The summed E-state index contributed by atoms with van der Waals surface area (Å²) < 4.78 is 7.21. The number of nitrogens with zero attached hydrogens (tertiary/aromatic N) is 3. The van der Waals surface area contributed by atoms with Gasteiger partial charge in [0.1, 0.15) is 5.52 Å². The van der Waals surface area contributed by atoms with Crippen LogP contribution in [0.25, 0.3) is 11.0 Å². The highest BCUT2D eigenvalue weighted by atomic mass is 16.5. The van der Waals surface area contributed by atoms with Crippen molar-refractivity contribution in [2.45, 2.75) is 13.2 Å². The molecule has 0 fully saturated rings. The molecule has 0 saturated heterocycles. The van der Waals surface area contributed by atoms with Gasteiger partial charge in [-0.3, -0.25) is 0 Å². The van der Waals surface area contributed by atoms with E-state index in [4.69, 9.17) is 4.74 Å². The van der Waals surface area contributed by atoms with Crippen molar-refractivity contribution in [1.29, 1.82) is 0 Å². The number of benzene rings is 1. The second-order valence-corrected chi connectivity index (χ2v) is 3.10. The normalized spacial score (nSPS) is 12.9. The molecule has 1 aromatic carbocycles. The predicted molar refractivity (Wildman–Crippen MR) is 58.4 cm³/mol. The molecule has 1 aromatic heterocycles. The van der Waals surface area contributed by atoms with Crippen molar-refractivity contribution in [2.24, 2.45) is 0 Å². The summed E-state index contributed by atoms with van der Waals surface area (Å²) in [6.45, 7) is 6.28. The van der Waals surface area contributed by atoms with Gasteiger partial charge in [0, 0.05) is 6.61 Å². The molecule has 0 aliphatic rings. The third-order valence-corrected chi connectivity index (χ3v) is 2.16. The fourth-order valence-electron chi connectivity index (χ4n) is 1.48. The van der Waals surface area contributed by atoms with Gasteiger partial charge in [-0.2, -0.15) is 0 Å². The molecular formula is C11H13N3O. The Balaban J connectivity index is 2.46. The molecule has 0 saturated carbocycles. The number of fused-ring (bicyclic) bond motifs is 1. The molecule has 2 rings (SSSR count). The van der Waals surface area contributed by atoms with Crippen LogP contribution in [0.4, 0.5) is 0 Å². The van der Waals surface area contributed by atoms with Crippen LogP contribution in [0.1, 0.15) is 13.2 Å². The van der Waals surface area contributed by atoms with Gasteiger partial charge in [-0.15, -0.1) is 5.10 Å². The highest BCUT2D eigenvalue weighted by molar-refractivity contribution is 5.73. The molecule has 0 radical (unpaired) electrons. The summed E-state index contributed by atoms with van der Waals surface area (Å²) in [5.74, 6) is 0. The number of hydrogen-bond donors (Lipinski definition) is 0. The van der Waals surface area contributed by atoms with Crippen molar-refractivity contribution >= 4 is 11.0 Å². The molecule has 0 N–H and O–H groups in total. The zero-order chi connectivity index (χ0) is 10.7. The van der Waals surface area contributed by atoms with E-state index in [2.05, 4.69) is 16.9 Å². The SMILES string of the molecule is C=CC(OCC)n1nnc2ccccc21. The first kappa shape index (κ1) is 9.86.